The molecule has 0 aromatic rings. The van der Waals surface area contributed by atoms with Crippen molar-refractivity contribution in [2.75, 3.05) is 60.4 Å². The van der Waals surface area contributed by atoms with Crippen molar-refractivity contribution in [2.45, 2.75) is 82.6 Å². The van der Waals surface area contributed by atoms with E-state index >= 15 is 0 Å². The van der Waals surface area contributed by atoms with E-state index in [0.717, 1.165) is 12.8 Å². The third-order valence-electron chi connectivity index (χ3n) is 6.88. The van der Waals surface area contributed by atoms with Crippen molar-refractivity contribution in [1.29, 1.82) is 0 Å². The molecule has 0 bridgehead atoms. The van der Waals surface area contributed by atoms with Gasteiger partial charge in [-0.3, -0.25) is 0 Å². The summed E-state index contributed by atoms with van der Waals surface area (Å²) in [6, 6.07) is 0. The summed E-state index contributed by atoms with van der Waals surface area (Å²) in [5.41, 5.74) is 9.60. The van der Waals surface area contributed by atoms with Crippen molar-refractivity contribution in [3.8, 4) is 0 Å². The summed E-state index contributed by atoms with van der Waals surface area (Å²) >= 11 is 0. The van der Waals surface area contributed by atoms with Crippen LogP contribution >= 0.6 is 0 Å². The smallest absolute Gasteiger partial charge is 0.870 e. The van der Waals surface area contributed by atoms with Gasteiger partial charge in [-0.25, -0.2) is 28.8 Å². The van der Waals surface area contributed by atoms with Gasteiger partial charge in [0.2, 0.25) is 0 Å². The molecular weight excluding hydrogens is 759 g/mol. The molecule has 310 valence electrons. The van der Waals surface area contributed by atoms with Crippen LogP contribution in [0.2, 0.25) is 0 Å². The second-order valence-electron chi connectivity index (χ2n) is 10.6. The van der Waals surface area contributed by atoms with Gasteiger partial charge < -0.3 is 91.1 Å². The fourth-order valence-electron chi connectivity index (χ4n) is 4.54. The summed E-state index contributed by atoms with van der Waals surface area (Å²) < 4.78 is 45.8. The molecule has 0 aliphatic carbocycles. The molecule has 0 aromatic carbocycles. The number of hydrogen-bond donors (Lipinski definition) is 6. The number of ether oxygens (including phenoxy) is 9. The maximum atomic E-state index is 11.7. The third kappa shape index (κ3) is 27.3. The quantitative estimate of drug-likeness (QED) is 0.0560. The first kappa shape index (κ1) is 57.4. The van der Waals surface area contributed by atoms with Gasteiger partial charge in [-0.05, 0) is 38.5 Å². The van der Waals surface area contributed by atoms with Gasteiger partial charge in [0.25, 0.3) is 0 Å². The molecule has 0 spiro atoms. The molecule has 3 saturated heterocycles. The first-order valence-corrected chi connectivity index (χ1v) is 15.6. The van der Waals surface area contributed by atoms with Crippen molar-refractivity contribution in [1.82, 2.24) is 21.3 Å². The summed E-state index contributed by atoms with van der Waals surface area (Å²) in [6.07, 6.45) is -1.38. The van der Waals surface area contributed by atoms with Crippen molar-refractivity contribution in [2.24, 2.45) is 11.5 Å². The molecule has 3 rings (SSSR count). The minimum absolute atomic E-state index is 0. The maximum absolute atomic E-state index is 11.7. The molecule has 0 radical (unpaired) electrons. The van der Waals surface area contributed by atoms with Crippen LogP contribution in [-0.4, -0.2) is 151 Å². The van der Waals surface area contributed by atoms with Crippen molar-refractivity contribution >= 4 is 43.3 Å². The van der Waals surface area contributed by atoms with Gasteiger partial charge in [0.05, 0.1) is 43.3 Å². The minimum Gasteiger partial charge on any atom is -0.870 e. The van der Waals surface area contributed by atoms with Gasteiger partial charge in [-0.2, -0.15) is 0 Å². The van der Waals surface area contributed by atoms with Crippen LogP contribution in [-0.2, 0) is 47.4 Å². The Bertz CT molecular complexity index is 1000. The van der Waals surface area contributed by atoms with Gasteiger partial charge in [-0.1, -0.05) is 7.43 Å². The van der Waals surface area contributed by atoms with Crippen molar-refractivity contribution in [3.63, 3.8) is 0 Å². The van der Waals surface area contributed by atoms with E-state index in [4.69, 9.17) is 49.4 Å². The summed E-state index contributed by atoms with van der Waals surface area (Å²) in [7, 11) is 2.93. The second-order valence-corrected chi connectivity index (χ2v) is 10.6. The van der Waals surface area contributed by atoms with E-state index in [2.05, 4.69) is 30.7 Å². The first-order chi connectivity index (χ1) is 24.0. The first-order valence-electron chi connectivity index (χ1n) is 15.6. The van der Waals surface area contributed by atoms with Gasteiger partial charge in [0.15, 0.2) is 0 Å². The predicted molar refractivity (Wildman–Crippen MR) is 179 cm³/mol. The molecule has 6 atom stereocenters. The molecule has 6 amide bonds. The maximum Gasteiger partial charge on any atom is 1.00 e. The van der Waals surface area contributed by atoms with E-state index in [0.29, 0.717) is 25.7 Å². The monoisotopic (exact) mass is 814 g/mol. The summed E-state index contributed by atoms with van der Waals surface area (Å²) in [5.74, 6) is 0. The topological polar surface area (TPSA) is 364 Å². The molecule has 54 heavy (non-hydrogen) atoms. The SMILES string of the molecule is C.C=O.CNC(=O)OCC1CCC(COC(=O)NCNC(=O)OCC2CCC(COC(=O)NC)O2)O1.NC(=O)OCC1CCC(COC(N)=O)O1.O.[K+].[OH-]. The van der Waals surface area contributed by atoms with E-state index in [-0.39, 0.29) is 153 Å². The molecule has 3 fully saturated rings. The zero-order chi connectivity index (χ0) is 37.3. The normalized spacial score (nSPS) is 21.5. The average molecular weight is 815 g/mol. The number of alkyl carbamates (subject to hydrolysis) is 4. The van der Waals surface area contributed by atoms with Crippen LogP contribution in [0.1, 0.15) is 46.0 Å². The standard InChI is InChI=1S/C19H32N4O10.C8H14N2O5.CH2O.CH4.K.2H2O/c1-20-16(24)28-7-12-3-5-14(32-12)9-30-18(26)22-11-23-19(27)31-10-15-6-4-13(33-15)8-29-17(25)21-2;9-7(11)13-3-5-1-2-6(15-5)4-14-8(10)12;1-2;;;;/h12-15H,3-11H2,1-2H3,(H,20,24)(H,21,25)(H,22,26)(H,23,27);5-6H,1-4H2,(H2,9,11)(H2,10,12);1H2;1H4;;2*1H2/q;;;;+1;;/p-1. The molecule has 0 saturated carbocycles. The Hall–Kier alpha value is -3.27. The van der Waals surface area contributed by atoms with Crippen LogP contribution < -0.4 is 84.1 Å². The fourth-order valence-corrected chi connectivity index (χ4v) is 4.54. The summed E-state index contributed by atoms with van der Waals surface area (Å²) in [5, 5.41) is 9.43. The molecule has 3 aliphatic rings. The number of carbonyl (C=O) groups excluding carboxylic acids is 7. The van der Waals surface area contributed by atoms with Gasteiger partial charge in [0, 0.05) is 14.1 Å². The van der Waals surface area contributed by atoms with E-state index in [1.165, 1.54) is 14.1 Å². The van der Waals surface area contributed by atoms with Crippen molar-refractivity contribution in [3.05, 3.63) is 0 Å². The zero-order valence-electron chi connectivity index (χ0n) is 30.0. The van der Waals surface area contributed by atoms with E-state index in [9.17, 15) is 28.8 Å². The molecular formula is C29H55KN6O18. The number of nitrogens with two attached hydrogens (primary N) is 2. The second kappa shape index (κ2) is 34.2. The number of carbonyl (C=O) groups is 7. The van der Waals surface area contributed by atoms with Gasteiger partial charge in [0.1, 0.15) is 46.4 Å². The third-order valence-corrected chi connectivity index (χ3v) is 6.88. The molecule has 0 aromatic heterocycles. The fraction of sp³-hybridized carbons (Fsp3) is 0.759. The van der Waals surface area contributed by atoms with Crippen LogP contribution in [0.5, 0.6) is 0 Å². The number of primary amides is 2. The Morgan fingerprint density at radius 3 is 0.981 bits per heavy atom. The predicted octanol–water partition coefficient (Wildman–Crippen LogP) is -3.62. The van der Waals surface area contributed by atoms with Crippen LogP contribution in [0.25, 0.3) is 0 Å². The largest absolute Gasteiger partial charge is 1.00 e. The summed E-state index contributed by atoms with van der Waals surface area (Å²) in [6.45, 7) is 2.41. The molecule has 6 unspecified atom stereocenters. The Morgan fingerprint density at radius 1 is 0.537 bits per heavy atom. The molecule has 24 nitrogen and oxygen atoms in total. The molecule has 3 heterocycles. The number of amides is 6. The molecule has 3 aliphatic heterocycles. The number of hydrogen-bond acceptors (Lipinski definition) is 17. The van der Waals surface area contributed by atoms with E-state index in [1.807, 2.05) is 6.79 Å². The Balaban J connectivity index is -0.000000506. The Morgan fingerprint density at radius 2 is 0.759 bits per heavy atom. The van der Waals surface area contributed by atoms with E-state index in [1.54, 1.807) is 0 Å². The van der Waals surface area contributed by atoms with Crippen LogP contribution in [0, 0.1) is 0 Å². The molecule has 11 N–H and O–H groups in total. The minimum atomic E-state index is -0.824. The Kier molecular flexibility index (Phi) is 36.4. The van der Waals surface area contributed by atoms with Crippen LogP contribution in [0.15, 0.2) is 0 Å². The average Bonchev–Trinajstić information content (AvgIpc) is 3.88. The summed E-state index contributed by atoms with van der Waals surface area (Å²) in [4.78, 5) is 74.2. The van der Waals surface area contributed by atoms with Crippen LogP contribution in [0.3, 0.4) is 0 Å². The number of nitrogens with one attached hydrogen (secondary N) is 4. The molecule has 25 heteroatoms. The van der Waals surface area contributed by atoms with Crippen molar-refractivity contribution < 1.29 is 139 Å². The van der Waals surface area contributed by atoms with Gasteiger partial charge in [-0.15, -0.1) is 0 Å². The van der Waals surface area contributed by atoms with Crippen LogP contribution in [0.4, 0.5) is 28.8 Å². The Labute approximate surface area is 355 Å². The van der Waals surface area contributed by atoms with Gasteiger partial charge >= 0.3 is 87.9 Å². The zero-order valence-corrected chi connectivity index (χ0v) is 33.1. The number of rotatable bonds is 14. The van der Waals surface area contributed by atoms with E-state index < -0.39 is 36.6 Å².